The molecule has 0 spiro atoms. The normalized spacial score (nSPS) is 18.6. The van der Waals surface area contributed by atoms with Crippen LogP contribution in [0.2, 0.25) is 0 Å². The fourth-order valence-electron chi connectivity index (χ4n) is 1.32. The molecule has 0 atom stereocenters. The summed E-state index contributed by atoms with van der Waals surface area (Å²) in [5.41, 5.74) is 0.853. The van der Waals surface area contributed by atoms with E-state index in [1.807, 2.05) is 30.3 Å². The lowest BCUT2D eigenvalue weighted by atomic mass is 10.2. The Balaban J connectivity index is 2.27. The Kier molecular flexibility index (Phi) is 3.07. The van der Waals surface area contributed by atoms with Crippen LogP contribution in [0.1, 0.15) is 5.56 Å². The molecule has 2 rings (SSSR count). The Hall–Kier alpha value is -1.59. The van der Waals surface area contributed by atoms with Crippen molar-refractivity contribution in [2.45, 2.75) is 0 Å². The average Bonchev–Trinajstić information content (AvgIpc) is 2.55. The number of aliphatic hydroxyl groups excluding tert-OH is 1. The van der Waals surface area contributed by atoms with Gasteiger partial charge in [-0.2, -0.15) is 0 Å². The number of amides is 2. The molecule has 16 heavy (non-hydrogen) atoms. The fraction of sp³-hybridized carbons (Fsp3) is 0.0909. The number of carbonyl (C=O) groups is 2. The number of hydrogen-bond acceptors (Lipinski definition) is 4. The predicted molar refractivity (Wildman–Crippen MR) is 61.3 cm³/mol. The SMILES string of the molecule is O=C1S/C(=C\c2ccccc2)C(=O)N1CO. The van der Waals surface area contributed by atoms with E-state index in [1.165, 1.54) is 0 Å². The maximum Gasteiger partial charge on any atom is 0.295 e. The molecule has 0 aromatic heterocycles. The molecule has 82 valence electrons. The topological polar surface area (TPSA) is 57.6 Å². The molecule has 0 saturated carbocycles. The van der Waals surface area contributed by atoms with Gasteiger partial charge in [0.05, 0.1) is 4.91 Å². The van der Waals surface area contributed by atoms with E-state index in [4.69, 9.17) is 5.11 Å². The summed E-state index contributed by atoms with van der Waals surface area (Å²) in [5.74, 6) is -0.443. The minimum Gasteiger partial charge on any atom is -0.376 e. The van der Waals surface area contributed by atoms with E-state index in [1.54, 1.807) is 6.08 Å². The van der Waals surface area contributed by atoms with Crippen LogP contribution >= 0.6 is 11.8 Å². The number of aliphatic hydroxyl groups is 1. The number of imide groups is 1. The quantitative estimate of drug-likeness (QED) is 0.792. The summed E-state index contributed by atoms with van der Waals surface area (Å²) in [4.78, 5) is 24.0. The number of hydrogen-bond donors (Lipinski definition) is 1. The maximum atomic E-state index is 11.6. The molecule has 1 aromatic rings. The second-order valence-corrected chi connectivity index (χ2v) is 4.16. The van der Waals surface area contributed by atoms with Gasteiger partial charge < -0.3 is 5.11 Å². The van der Waals surface area contributed by atoms with Gasteiger partial charge in [-0.05, 0) is 23.4 Å². The van der Waals surface area contributed by atoms with E-state index < -0.39 is 17.9 Å². The van der Waals surface area contributed by atoms with Crippen LogP contribution in [0.3, 0.4) is 0 Å². The standard InChI is InChI=1S/C11H9NO3S/c13-7-12-10(14)9(16-11(12)15)6-8-4-2-1-3-5-8/h1-6,13H,7H2/b9-6-. The molecule has 1 aromatic carbocycles. The lowest BCUT2D eigenvalue weighted by Crippen LogP contribution is -2.28. The van der Waals surface area contributed by atoms with Gasteiger partial charge in [0.15, 0.2) is 0 Å². The summed E-state index contributed by atoms with van der Waals surface area (Å²) in [6.07, 6.45) is 1.64. The summed E-state index contributed by atoms with van der Waals surface area (Å²) >= 11 is 0.840. The molecule has 5 heteroatoms. The molecule has 1 aliphatic heterocycles. The molecule has 0 unspecified atom stereocenters. The van der Waals surface area contributed by atoms with Crippen LogP contribution < -0.4 is 0 Å². The van der Waals surface area contributed by atoms with Gasteiger partial charge in [0.25, 0.3) is 11.1 Å². The van der Waals surface area contributed by atoms with Gasteiger partial charge in [0.2, 0.25) is 0 Å². The zero-order chi connectivity index (χ0) is 11.5. The highest BCUT2D eigenvalue weighted by molar-refractivity contribution is 8.18. The fourth-order valence-corrected chi connectivity index (χ4v) is 2.15. The number of thioether (sulfide) groups is 1. The molecule has 0 bridgehead atoms. The Morgan fingerprint density at radius 3 is 2.50 bits per heavy atom. The highest BCUT2D eigenvalue weighted by atomic mass is 32.2. The number of benzene rings is 1. The molecular formula is C11H9NO3S. The van der Waals surface area contributed by atoms with Gasteiger partial charge in [-0.1, -0.05) is 30.3 Å². The minimum atomic E-state index is -0.573. The molecule has 0 radical (unpaired) electrons. The molecule has 1 fully saturated rings. The molecule has 1 heterocycles. The van der Waals surface area contributed by atoms with Crippen LogP contribution in [0, 0.1) is 0 Å². The number of rotatable bonds is 2. The van der Waals surface area contributed by atoms with Crippen LogP contribution in [0.4, 0.5) is 4.79 Å². The zero-order valence-corrected chi connectivity index (χ0v) is 9.11. The van der Waals surface area contributed by atoms with Crippen LogP contribution in [0.15, 0.2) is 35.2 Å². The van der Waals surface area contributed by atoms with E-state index in [2.05, 4.69) is 0 Å². The molecule has 1 N–H and O–H groups in total. The summed E-state index contributed by atoms with van der Waals surface area (Å²) in [6, 6.07) is 9.25. The van der Waals surface area contributed by atoms with E-state index in [-0.39, 0.29) is 0 Å². The largest absolute Gasteiger partial charge is 0.376 e. The van der Waals surface area contributed by atoms with Crippen molar-refractivity contribution < 1.29 is 14.7 Å². The number of carbonyl (C=O) groups excluding carboxylic acids is 2. The van der Waals surface area contributed by atoms with Crippen molar-refractivity contribution in [1.29, 1.82) is 0 Å². The van der Waals surface area contributed by atoms with Crippen molar-refractivity contribution in [3.8, 4) is 0 Å². The van der Waals surface area contributed by atoms with Gasteiger partial charge in [0.1, 0.15) is 6.73 Å². The van der Waals surface area contributed by atoms with Gasteiger partial charge in [-0.15, -0.1) is 0 Å². The number of nitrogens with zero attached hydrogens (tertiary/aromatic N) is 1. The van der Waals surface area contributed by atoms with Crippen molar-refractivity contribution in [2.24, 2.45) is 0 Å². The van der Waals surface area contributed by atoms with Gasteiger partial charge in [0, 0.05) is 0 Å². The van der Waals surface area contributed by atoms with Crippen molar-refractivity contribution in [1.82, 2.24) is 4.90 Å². The van der Waals surface area contributed by atoms with Crippen LogP contribution in [0.25, 0.3) is 6.08 Å². The van der Waals surface area contributed by atoms with Gasteiger partial charge >= 0.3 is 0 Å². The molecule has 1 saturated heterocycles. The predicted octanol–water partition coefficient (Wildman–Crippen LogP) is 1.67. The first kappa shape index (κ1) is 10.9. The van der Waals surface area contributed by atoms with Crippen LogP contribution in [0.5, 0.6) is 0 Å². The Bertz CT molecular complexity index is 456. The Labute approximate surface area is 96.6 Å². The first-order valence-corrected chi connectivity index (χ1v) is 5.45. The summed E-state index contributed by atoms with van der Waals surface area (Å²) < 4.78 is 0. The Morgan fingerprint density at radius 2 is 1.94 bits per heavy atom. The second-order valence-electron chi connectivity index (χ2n) is 3.16. The lowest BCUT2D eigenvalue weighted by Gasteiger charge is -2.05. The zero-order valence-electron chi connectivity index (χ0n) is 8.29. The Morgan fingerprint density at radius 1 is 1.25 bits per heavy atom. The summed E-state index contributed by atoms with van der Waals surface area (Å²) in [6.45, 7) is -0.573. The van der Waals surface area contributed by atoms with Crippen molar-refractivity contribution in [2.75, 3.05) is 6.73 Å². The highest BCUT2D eigenvalue weighted by Crippen LogP contribution is 2.31. The first-order valence-electron chi connectivity index (χ1n) is 4.63. The van der Waals surface area contributed by atoms with Crippen LogP contribution in [-0.2, 0) is 4.79 Å². The molecule has 1 aliphatic rings. The first-order chi connectivity index (χ1) is 7.72. The van der Waals surface area contributed by atoms with Gasteiger partial charge in [-0.25, -0.2) is 4.90 Å². The van der Waals surface area contributed by atoms with E-state index in [0.29, 0.717) is 4.91 Å². The second kappa shape index (κ2) is 4.51. The van der Waals surface area contributed by atoms with E-state index in [0.717, 1.165) is 22.2 Å². The maximum absolute atomic E-state index is 11.6. The monoisotopic (exact) mass is 235 g/mol. The lowest BCUT2D eigenvalue weighted by molar-refractivity contribution is -0.125. The smallest absolute Gasteiger partial charge is 0.295 e. The third-order valence-electron chi connectivity index (χ3n) is 2.11. The van der Waals surface area contributed by atoms with E-state index in [9.17, 15) is 9.59 Å². The molecule has 0 aliphatic carbocycles. The third kappa shape index (κ3) is 2.00. The van der Waals surface area contributed by atoms with Crippen molar-refractivity contribution in [3.05, 3.63) is 40.8 Å². The average molecular weight is 235 g/mol. The van der Waals surface area contributed by atoms with Crippen molar-refractivity contribution >= 4 is 29.0 Å². The van der Waals surface area contributed by atoms with E-state index >= 15 is 0 Å². The highest BCUT2D eigenvalue weighted by Gasteiger charge is 2.34. The summed E-state index contributed by atoms with van der Waals surface area (Å²) in [7, 11) is 0. The third-order valence-corrected chi connectivity index (χ3v) is 3.02. The van der Waals surface area contributed by atoms with Crippen LogP contribution in [-0.4, -0.2) is 27.9 Å². The summed E-state index contributed by atoms with van der Waals surface area (Å²) in [5, 5.41) is 8.40. The molecule has 2 amide bonds. The van der Waals surface area contributed by atoms with Gasteiger partial charge in [-0.3, -0.25) is 9.59 Å². The minimum absolute atomic E-state index is 0.338. The molecule has 4 nitrogen and oxygen atoms in total. The molecular weight excluding hydrogens is 226 g/mol. The van der Waals surface area contributed by atoms with Crippen molar-refractivity contribution in [3.63, 3.8) is 0 Å².